The molecule has 1 aliphatic rings. The number of hydrogen-bond donors (Lipinski definition) is 1. The molecule has 0 aromatic carbocycles. The van der Waals surface area contributed by atoms with Crippen molar-refractivity contribution in [2.24, 2.45) is 0 Å². The van der Waals surface area contributed by atoms with E-state index in [1.54, 1.807) is 24.0 Å². The van der Waals surface area contributed by atoms with Gasteiger partial charge in [-0.15, -0.1) is 0 Å². The van der Waals surface area contributed by atoms with Gasteiger partial charge in [0.2, 0.25) is 5.76 Å². The maximum absolute atomic E-state index is 11.8. The number of cyclic esters (lactones) is 1. The van der Waals surface area contributed by atoms with Crippen LogP contribution in [0.25, 0.3) is 0 Å². The van der Waals surface area contributed by atoms with Crippen molar-refractivity contribution in [2.45, 2.75) is 13.8 Å². The predicted molar refractivity (Wildman–Crippen MR) is 63.1 cm³/mol. The van der Waals surface area contributed by atoms with Crippen molar-refractivity contribution in [3.05, 3.63) is 35.3 Å². The number of ether oxygens (including phenoxy) is 1. The maximum atomic E-state index is 11.8. The minimum atomic E-state index is -1.29. The normalized spacial score (nSPS) is 14.4. The second-order valence-electron chi connectivity index (χ2n) is 3.80. The lowest BCUT2D eigenvalue weighted by atomic mass is 10.2. The second-order valence-corrected chi connectivity index (χ2v) is 3.80. The first-order valence-corrected chi connectivity index (χ1v) is 5.44. The fraction of sp³-hybridized carbons (Fsp3) is 0.250. The van der Waals surface area contributed by atoms with Gasteiger partial charge in [0, 0.05) is 12.2 Å². The molecule has 0 saturated heterocycles. The molecule has 2 rings (SSSR count). The van der Waals surface area contributed by atoms with Gasteiger partial charge in [-0.1, -0.05) is 0 Å². The summed E-state index contributed by atoms with van der Waals surface area (Å²) in [5, 5.41) is 8.94. The summed E-state index contributed by atoms with van der Waals surface area (Å²) in [6.07, 6.45) is 1.28. The van der Waals surface area contributed by atoms with Crippen LogP contribution in [0, 0.1) is 6.92 Å². The molecule has 6 heteroatoms. The number of fused-ring (bicyclic) bond motifs is 1. The largest absolute Gasteiger partial charge is 0.475 e. The summed E-state index contributed by atoms with van der Waals surface area (Å²) >= 11 is 0. The Hall–Kier alpha value is -2.37. The van der Waals surface area contributed by atoms with E-state index in [0.717, 1.165) is 5.69 Å². The number of rotatable bonds is 2. The molecule has 6 nitrogen and oxygen atoms in total. The van der Waals surface area contributed by atoms with Gasteiger partial charge in [0.15, 0.2) is 0 Å². The summed E-state index contributed by atoms with van der Waals surface area (Å²) in [6, 6.07) is 3.26. The summed E-state index contributed by atoms with van der Waals surface area (Å²) < 4.78 is 4.81. The number of esters is 1. The van der Waals surface area contributed by atoms with Gasteiger partial charge >= 0.3 is 11.9 Å². The van der Waals surface area contributed by atoms with Crippen molar-refractivity contribution in [2.75, 3.05) is 11.4 Å². The highest BCUT2D eigenvalue weighted by atomic mass is 16.6. The predicted octanol–water partition coefficient (Wildman–Crippen LogP) is 1.31. The molecule has 0 bridgehead atoms. The molecule has 0 spiro atoms. The van der Waals surface area contributed by atoms with Crippen LogP contribution in [0.1, 0.15) is 23.0 Å². The standard InChI is InChI=1S/C12H12N2O4/c1-3-14-6-9(11(15)16)18-12(17)8-5-4-7(2)13-10(8)14/h4-6H,3H2,1-2H3,(H,15,16). The Morgan fingerprint density at radius 2 is 2.22 bits per heavy atom. The molecule has 94 valence electrons. The van der Waals surface area contributed by atoms with Crippen molar-refractivity contribution in [3.63, 3.8) is 0 Å². The Balaban J connectivity index is 2.58. The number of carboxylic acids is 1. The summed E-state index contributed by atoms with van der Waals surface area (Å²) in [6.45, 7) is 4.11. The number of carbonyl (C=O) groups excluding carboxylic acids is 1. The highest BCUT2D eigenvalue weighted by Crippen LogP contribution is 2.24. The van der Waals surface area contributed by atoms with Gasteiger partial charge in [0.25, 0.3) is 0 Å². The molecule has 0 atom stereocenters. The number of carboxylic acid groups (broad SMARTS) is 1. The molecule has 0 aliphatic carbocycles. The topological polar surface area (TPSA) is 79.7 Å². The van der Waals surface area contributed by atoms with Gasteiger partial charge in [-0.3, -0.25) is 0 Å². The first-order valence-electron chi connectivity index (χ1n) is 5.44. The van der Waals surface area contributed by atoms with Crippen LogP contribution >= 0.6 is 0 Å². The fourth-order valence-electron chi connectivity index (χ4n) is 1.65. The number of anilines is 1. The van der Waals surface area contributed by atoms with Gasteiger partial charge in [0.1, 0.15) is 11.4 Å². The maximum Gasteiger partial charge on any atom is 0.373 e. The Labute approximate surface area is 104 Å². The van der Waals surface area contributed by atoms with Gasteiger partial charge in [-0.05, 0) is 26.0 Å². The average molecular weight is 248 g/mol. The van der Waals surface area contributed by atoms with Crippen LogP contribution in [0.15, 0.2) is 24.1 Å². The van der Waals surface area contributed by atoms with Gasteiger partial charge in [-0.25, -0.2) is 14.6 Å². The number of aromatic nitrogens is 1. The lowest BCUT2D eigenvalue weighted by Gasteiger charge is -2.17. The third-order valence-electron chi connectivity index (χ3n) is 2.53. The zero-order chi connectivity index (χ0) is 13.3. The lowest BCUT2D eigenvalue weighted by Crippen LogP contribution is -2.19. The minimum Gasteiger partial charge on any atom is -0.475 e. The summed E-state index contributed by atoms with van der Waals surface area (Å²) in [5.74, 6) is -1.98. The Kier molecular flexibility index (Phi) is 3.01. The SMILES string of the molecule is CCN1C=C(C(=O)O)OC(=O)c2ccc(C)nc21. The smallest absolute Gasteiger partial charge is 0.373 e. The van der Waals surface area contributed by atoms with Crippen LogP contribution in [0.4, 0.5) is 5.82 Å². The Bertz CT molecular complexity index is 551. The quantitative estimate of drug-likeness (QED) is 0.795. The van der Waals surface area contributed by atoms with E-state index in [2.05, 4.69) is 4.98 Å². The molecule has 0 saturated carbocycles. The monoisotopic (exact) mass is 248 g/mol. The van der Waals surface area contributed by atoms with Crippen molar-refractivity contribution >= 4 is 17.8 Å². The van der Waals surface area contributed by atoms with E-state index in [1.165, 1.54) is 6.20 Å². The van der Waals surface area contributed by atoms with Crippen molar-refractivity contribution in [1.82, 2.24) is 4.98 Å². The summed E-state index contributed by atoms with van der Waals surface area (Å²) in [4.78, 5) is 28.6. The molecule has 0 amide bonds. The number of nitrogens with zero attached hydrogens (tertiary/aromatic N) is 2. The number of hydrogen-bond acceptors (Lipinski definition) is 5. The average Bonchev–Trinajstić information content (AvgIpc) is 2.46. The highest BCUT2D eigenvalue weighted by molar-refractivity contribution is 6.00. The number of aryl methyl sites for hydroxylation is 1. The lowest BCUT2D eigenvalue weighted by molar-refractivity contribution is -0.135. The summed E-state index contributed by atoms with van der Waals surface area (Å²) in [7, 11) is 0. The number of aliphatic carboxylic acids is 1. The van der Waals surface area contributed by atoms with Gasteiger partial charge < -0.3 is 14.7 Å². The van der Waals surface area contributed by atoms with Gasteiger partial charge in [-0.2, -0.15) is 0 Å². The molecule has 0 fully saturated rings. The molecule has 0 radical (unpaired) electrons. The van der Waals surface area contributed by atoms with E-state index in [4.69, 9.17) is 9.84 Å². The Morgan fingerprint density at radius 3 is 2.83 bits per heavy atom. The van der Waals surface area contributed by atoms with Crippen molar-refractivity contribution in [1.29, 1.82) is 0 Å². The van der Waals surface area contributed by atoms with Crippen LogP contribution in [0.3, 0.4) is 0 Å². The second kappa shape index (κ2) is 4.48. The van der Waals surface area contributed by atoms with Crippen LogP contribution in [0.2, 0.25) is 0 Å². The summed E-state index contributed by atoms with van der Waals surface area (Å²) in [5.41, 5.74) is 1.00. The van der Waals surface area contributed by atoms with Crippen LogP contribution < -0.4 is 4.90 Å². The van der Waals surface area contributed by atoms with E-state index in [-0.39, 0.29) is 5.56 Å². The van der Waals surface area contributed by atoms with E-state index in [0.29, 0.717) is 12.4 Å². The van der Waals surface area contributed by atoms with E-state index in [9.17, 15) is 9.59 Å². The van der Waals surface area contributed by atoms with Crippen LogP contribution in [0.5, 0.6) is 0 Å². The molecular weight excluding hydrogens is 236 g/mol. The Morgan fingerprint density at radius 1 is 1.50 bits per heavy atom. The first kappa shape index (κ1) is 12.1. The molecule has 0 unspecified atom stereocenters. The fourth-order valence-corrected chi connectivity index (χ4v) is 1.65. The number of pyridine rings is 1. The van der Waals surface area contributed by atoms with E-state index < -0.39 is 17.7 Å². The minimum absolute atomic E-state index is 0.259. The van der Waals surface area contributed by atoms with Crippen LogP contribution in [-0.2, 0) is 9.53 Å². The first-order chi connectivity index (χ1) is 8.52. The van der Waals surface area contributed by atoms with Crippen LogP contribution in [-0.4, -0.2) is 28.6 Å². The molecule has 18 heavy (non-hydrogen) atoms. The molecule has 1 aromatic heterocycles. The van der Waals surface area contributed by atoms with Crippen molar-refractivity contribution in [3.8, 4) is 0 Å². The van der Waals surface area contributed by atoms with Gasteiger partial charge in [0.05, 0.1) is 6.20 Å². The third-order valence-corrected chi connectivity index (χ3v) is 2.53. The van der Waals surface area contributed by atoms with E-state index >= 15 is 0 Å². The number of carbonyl (C=O) groups is 2. The van der Waals surface area contributed by atoms with E-state index in [1.807, 2.05) is 6.92 Å². The molecule has 2 heterocycles. The zero-order valence-corrected chi connectivity index (χ0v) is 10.0. The highest BCUT2D eigenvalue weighted by Gasteiger charge is 2.26. The molecule has 1 N–H and O–H groups in total. The third kappa shape index (κ3) is 2.04. The molecule has 1 aliphatic heterocycles. The molecule has 1 aromatic rings. The zero-order valence-electron chi connectivity index (χ0n) is 10.0. The van der Waals surface area contributed by atoms with Crippen molar-refractivity contribution < 1.29 is 19.4 Å². The molecular formula is C12H12N2O4.